The summed E-state index contributed by atoms with van der Waals surface area (Å²) in [7, 11) is 0. The molecule has 6 heteroatoms. The summed E-state index contributed by atoms with van der Waals surface area (Å²) < 4.78 is 0. The van der Waals surface area contributed by atoms with Crippen molar-refractivity contribution < 1.29 is 14.7 Å². The molecule has 0 saturated carbocycles. The number of benzene rings is 1. The van der Waals surface area contributed by atoms with Gasteiger partial charge in [-0.2, -0.15) is 0 Å². The predicted molar refractivity (Wildman–Crippen MR) is 71.9 cm³/mol. The van der Waals surface area contributed by atoms with Gasteiger partial charge in [0.15, 0.2) is 0 Å². The number of piperazine rings is 1. The van der Waals surface area contributed by atoms with Gasteiger partial charge in [-0.05, 0) is 26.0 Å². The molecule has 0 aliphatic carbocycles. The molecule has 1 heterocycles. The minimum absolute atomic E-state index is 0.0477. The lowest BCUT2D eigenvalue weighted by atomic mass is 9.96. The largest absolute Gasteiger partial charge is 0.392 e. The van der Waals surface area contributed by atoms with E-state index in [1.807, 2.05) is 0 Å². The van der Waals surface area contributed by atoms with Crippen LogP contribution in [0.25, 0.3) is 0 Å². The third kappa shape index (κ3) is 2.31. The van der Waals surface area contributed by atoms with E-state index < -0.39 is 5.54 Å². The second-order valence-corrected chi connectivity index (χ2v) is 5.33. The highest BCUT2D eigenvalue weighted by Gasteiger charge is 2.41. The number of nitrogens with one attached hydrogen (secondary N) is 1. The number of rotatable bonds is 2. The van der Waals surface area contributed by atoms with Crippen LogP contribution in [-0.4, -0.2) is 29.0 Å². The molecule has 102 valence electrons. The van der Waals surface area contributed by atoms with Crippen molar-refractivity contribution in [1.29, 1.82) is 0 Å². The Labute approximate surface area is 116 Å². The summed E-state index contributed by atoms with van der Waals surface area (Å²) in [6.07, 6.45) is 0. The first-order chi connectivity index (χ1) is 8.87. The monoisotopic (exact) mass is 282 g/mol. The Morgan fingerprint density at radius 3 is 2.74 bits per heavy atom. The topological polar surface area (TPSA) is 69.6 Å². The van der Waals surface area contributed by atoms with Crippen molar-refractivity contribution >= 4 is 29.1 Å². The molecular weight excluding hydrogens is 268 g/mol. The Balaban J connectivity index is 2.53. The smallest absolute Gasteiger partial charge is 0.251 e. The molecular formula is C13H15ClN2O3. The summed E-state index contributed by atoms with van der Waals surface area (Å²) in [5, 5.41) is 12.2. The number of hydrogen-bond acceptors (Lipinski definition) is 4. The summed E-state index contributed by atoms with van der Waals surface area (Å²) in [6, 6.07) is 5.13. The van der Waals surface area contributed by atoms with Gasteiger partial charge in [0.05, 0.1) is 13.2 Å². The Kier molecular flexibility index (Phi) is 3.52. The lowest BCUT2D eigenvalue weighted by Gasteiger charge is -2.42. The third-order valence-corrected chi connectivity index (χ3v) is 3.68. The van der Waals surface area contributed by atoms with Gasteiger partial charge >= 0.3 is 0 Å². The molecule has 0 spiro atoms. The van der Waals surface area contributed by atoms with E-state index in [0.717, 1.165) is 0 Å². The number of hydrogen-bond donors (Lipinski definition) is 2. The number of anilines is 1. The van der Waals surface area contributed by atoms with Crippen LogP contribution in [0.5, 0.6) is 0 Å². The number of carbonyl (C=O) groups is 2. The van der Waals surface area contributed by atoms with Gasteiger partial charge in [0, 0.05) is 16.3 Å². The maximum Gasteiger partial charge on any atom is 0.251 e. The fourth-order valence-corrected chi connectivity index (χ4v) is 2.36. The number of carbonyl (C=O) groups excluding carboxylic acids is 2. The van der Waals surface area contributed by atoms with E-state index in [1.54, 1.807) is 36.9 Å². The summed E-state index contributed by atoms with van der Waals surface area (Å²) in [6.45, 7) is 3.23. The summed E-state index contributed by atoms with van der Waals surface area (Å²) in [4.78, 5) is 25.1. The van der Waals surface area contributed by atoms with Gasteiger partial charge in [-0.25, -0.2) is 0 Å². The van der Waals surface area contributed by atoms with Crippen LogP contribution >= 0.6 is 11.6 Å². The highest BCUT2D eigenvalue weighted by molar-refractivity contribution is 6.31. The molecule has 1 fully saturated rings. The van der Waals surface area contributed by atoms with Crippen molar-refractivity contribution in [1.82, 2.24) is 5.32 Å². The molecule has 1 aromatic carbocycles. The molecule has 2 rings (SSSR count). The van der Waals surface area contributed by atoms with Crippen molar-refractivity contribution in [2.75, 3.05) is 11.4 Å². The first kappa shape index (κ1) is 13.8. The average molecular weight is 283 g/mol. The molecule has 2 amide bonds. The number of imide groups is 1. The lowest BCUT2D eigenvalue weighted by molar-refractivity contribution is -0.135. The molecule has 0 aromatic heterocycles. The molecule has 19 heavy (non-hydrogen) atoms. The normalized spacial score (nSPS) is 18.4. The molecule has 2 N–H and O–H groups in total. The number of aliphatic hydroxyl groups excluding tert-OH is 1. The molecule has 0 bridgehead atoms. The Morgan fingerprint density at radius 2 is 2.11 bits per heavy atom. The maximum atomic E-state index is 11.9. The van der Waals surface area contributed by atoms with Crippen LogP contribution in [0.2, 0.25) is 5.02 Å². The first-order valence-electron chi connectivity index (χ1n) is 5.88. The zero-order chi connectivity index (χ0) is 14.2. The zero-order valence-corrected chi connectivity index (χ0v) is 11.5. The molecule has 1 aliphatic heterocycles. The maximum absolute atomic E-state index is 11.9. The van der Waals surface area contributed by atoms with Crippen molar-refractivity contribution in [2.45, 2.75) is 26.0 Å². The SMILES string of the molecule is CC1(C)C(=O)NC(=O)CN1c1cccc(Cl)c1CO. The van der Waals surface area contributed by atoms with E-state index in [4.69, 9.17) is 11.6 Å². The fraction of sp³-hybridized carbons (Fsp3) is 0.385. The van der Waals surface area contributed by atoms with Crippen LogP contribution < -0.4 is 10.2 Å². The molecule has 5 nitrogen and oxygen atoms in total. The first-order valence-corrected chi connectivity index (χ1v) is 6.26. The van der Waals surface area contributed by atoms with Crippen LogP contribution in [0.15, 0.2) is 18.2 Å². The molecule has 0 atom stereocenters. The van der Waals surface area contributed by atoms with E-state index in [0.29, 0.717) is 16.3 Å². The highest BCUT2D eigenvalue weighted by Crippen LogP contribution is 2.33. The Morgan fingerprint density at radius 1 is 1.42 bits per heavy atom. The van der Waals surface area contributed by atoms with Crippen molar-refractivity contribution in [3.8, 4) is 0 Å². The quantitative estimate of drug-likeness (QED) is 0.796. The number of halogens is 1. The second kappa shape index (κ2) is 4.83. The van der Waals surface area contributed by atoms with E-state index in [2.05, 4.69) is 5.32 Å². The number of amides is 2. The van der Waals surface area contributed by atoms with Crippen LogP contribution in [0.4, 0.5) is 5.69 Å². The molecule has 1 saturated heterocycles. The van der Waals surface area contributed by atoms with Crippen LogP contribution in [-0.2, 0) is 16.2 Å². The van der Waals surface area contributed by atoms with Gasteiger partial charge in [0.2, 0.25) is 5.91 Å². The molecule has 0 unspecified atom stereocenters. The average Bonchev–Trinajstić information content (AvgIpc) is 2.34. The van der Waals surface area contributed by atoms with Gasteiger partial charge in [0.25, 0.3) is 5.91 Å². The standard InChI is InChI=1S/C13H15ClN2O3/c1-13(2)12(19)15-11(18)6-16(13)10-5-3-4-9(14)8(10)7-17/h3-5,17H,6-7H2,1-2H3,(H,15,18,19). The van der Waals surface area contributed by atoms with Crippen LogP contribution in [0.3, 0.4) is 0 Å². The number of aliphatic hydroxyl groups is 1. The van der Waals surface area contributed by atoms with Crippen LogP contribution in [0, 0.1) is 0 Å². The van der Waals surface area contributed by atoms with Gasteiger partial charge < -0.3 is 10.0 Å². The lowest BCUT2D eigenvalue weighted by Crippen LogP contribution is -2.64. The van der Waals surface area contributed by atoms with Crippen molar-refractivity contribution in [3.05, 3.63) is 28.8 Å². The molecule has 1 aliphatic rings. The van der Waals surface area contributed by atoms with E-state index >= 15 is 0 Å². The fourth-order valence-electron chi connectivity index (χ4n) is 2.13. The Bertz CT molecular complexity index is 543. The van der Waals surface area contributed by atoms with Gasteiger partial charge in [-0.1, -0.05) is 17.7 Å². The van der Waals surface area contributed by atoms with Gasteiger partial charge in [-0.15, -0.1) is 0 Å². The molecule has 0 radical (unpaired) electrons. The highest BCUT2D eigenvalue weighted by atomic mass is 35.5. The van der Waals surface area contributed by atoms with E-state index in [1.165, 1.54) is 0 Å². The third-order valence-electron chi connectivity index (χ3n) is 3.33. The van der Waals surface area contributed by atoms with Gasteiger partial charge in [0.1, 0.15) is 5.54 Å². The zero-order valence-electron chi connectivity index (χ0n) is 10.7. The summed E-state index contributed by atoms with van der Waals surface area (Å²) in [5.41, 5.74) is 0.227. The molecule has 1 aromatic rings. The van der Waals surface area contributed by atoms with Crippen molar-refractivity contribution in [3.63, 3.8) is 0 Å². The van der Waals surface area contributed by atoms with Crippen molar-refractivity contribution in [2.24, 2.45) is 0 Å². The minimum atomic E-state index is -0.886. The second-order valence-electron chi connectivity index (χ2n) is 4.92. The van der Waals surface area contributed by atoms with Gasteiger partial charge in [-0.3, -0.25) is 14.9 Å². The summed E-state index contributed by atoms with van der Waals surface area (Å²) >= 11 is 6.04. The Hall–Kier alpha value is -1.59. The van der Waals surface area contributed by atoms with E-state index in [-0.39, 0.29) is 25.0 Å². The number of nitrogens with zero attached hydrogens (tertiary/aromatic N) is 1. The summed E-state index contributed by atoms with van der Waals surface area (Å²) in [5.74, 6) is -0.735. The van der Waals surface area contributed by atoms with E-state index in [9.17, 15) is 14.7 Å². The van der Waals surface area contributed by atoms with Crippen LogP contribution in [0.1, 0.15) is 19.4 Å². The predicted octanol–water partition coefficient (Wildman–Crippen LogP) is 1.07. The minimum Gasteiger partial charge on any atom is -0.392 e.